The minimum atomic E-state index is -0.987. The summed E-state index contributed by atoms with van der Waals surface area (Å²) in [6, 6.07) is 5.41. The fourth-order valence-corrected chi connectivity index (χ4v) is 6.38. The Morgan fingerprint density at radius 1 is 1.35 bits per heavy atom. The molecular formula is C25H29NO5. The van der Waals surface area contributed by atoms with Crippen LogP contribution in [0.25, 0.3) is 6.08 Å². The molecule has 6 heteroatoms. The molecule has 1 saturated carbocycles. The lowest BCUT2D eigenvalue weighted by Crippen LogP contribution is -2.69. The molecule has 4 atom stereocenters. The molecule has 6 nitrogen and oxygen atoms in total. The Labute approximate surface area is 182 Å². The number of aliphatic hydroxyl groups is 1. The van der Waals surface area contributed by atoms with E-state index < -0.39 is 17.2 Å². The predicted octanol–water partition coefficient (Wildman–Crippen LogP) is 4.00. The van der Waals surface area contributed by atoms with E-state index in [1.54, 1.807) is 42.7 Å². The Kier molecular flexibility index (Phi) is 4.66. The van der Waals surface area contributed by atoms with E-state index in [0.29, 0.717) is 12.2 Å². The number of hydrogen-bond donors (Lipinski definition) is 2. The van der Waals surface area contributed by atoms with Crippen LogP contribution < -0.4 is 4.74 Å². The van der Waals surface area contributed by atoms with Gasteiger partial charge in [0.25, 0.3) is 0 Å². The van der Waals surface area contributed by atoms with Crippen molar-refractivity contribution in [1.82, 2.24) is 4.90 Å². The monoisotopic (exact) mass is 423 g/mol. The molecule has 0 radical (unpaired) electrons. The number of carbonyl (C=O) groups is 1. The van der Waals surface area contributed by atoms with Crippen LogP contribution in [0.15, 0.2) is 41.2 Å². The first-order valence-electron chi connectivity index (χ1n) is 11.1. The fraction of sp³-hybridized carbons (Fsp3) is 0.480. The lowest BCUT2D eigenvalue weighted by molar-refractivity contribution is -0.179. The number of benzene rings is 1. The molecule has 1 spiro atoms. The molecule has 1 fully saturated rings. The van der Waals surface area contributed by atoms with E-state index in [4.69, 9.17) is 9.15 Å². The standard InChI is InChI=1S/C25H29NO5/c1-3-11-25(29)18-5-4-12-24(25)21-17(14-18)7-8-19(27)22(21)31-23(24)26(2)20(28)9-6-16-10-13-30-15-16/h6-10,13,15,18,23,27,29H,3-5,11-12,14H2,1-2H3/b9-6+/t18-,23-,24+,25-/m1/s1. The van der Waals surface area contributed by atoms with Gasteiger partial charge in [-0.3, -0.25) is 4.79 Å². The zero-order valence-corrected chi connectivity index (χ0v) is 18.0. The number of furan rings is 1. The number of phenols is 1. The Bertz CT molecular complexity index is 1030. The molecule has 1 aromatic heterocycles. The van der Waals surface area contributed by atoms with Crippen molar-refractivity contribution in [2.45, 2.75) is 62.7 Å². The number of amides is 1. The van der Waals surface area contributed by atoms with Gasteiger partial charge in [0.2, 0.25) is 5.91 Å². The maximum atomic E-state index is 13.1. The van der Waals surface area contributed by atoms with Crippen LogP contribution in [0, 0.1) is 5.92 Å². The minimum absolute atomic E-state index is 0.0679. The lowest BCUT2D eigenvalue weighted by atomic mass is 9.49. The van der Waals surface area contributed by atoms with E-state index in [9.17, 15) is 15.0 Å². The van der Waals surface area contributed by atoms with Crippen molar-refractivity contribution < 1.29 is 24.2 Å². The van der Waals surface area contributed by atoms with Gasteiger partial charge in [-0.25, -0.2) is 0 Å². The third kappa shape index (κ3) is 2.70. The maximum absolute atomic E-state index is 13.1. The number of phenolic OH excluding ortho intramolecular Hbond substituents is 1. The van der Waals surface area contributed by atoms with Crippen molar-refractivity contribution in [1.29, 1.82) is 0 Å². The van der Waals surface area contributed by atoms with Crippen LogP contribution in [-0.4, -0.2) is 39.9 Å². The summed E-state index contributed by atoms with van der Waals surface area (Å²) in [7, 11) is 1.72. The van der Waals surface area contributed by atoms with Gasteiger partial charge in [0.05, 0.1) is 23.5 Å². The van der Waals surface area contributed by atoms with Crippen molar-refractivity contribution in [2.75, 3.05) is 7.05 Å². The van der Waals surface area contributed by atoms with Gasteiger partial charge in [-0.1, -0.05) is 25.8 Å². The van der Waals surface area contributed by atoms with Gasteiger partial charge >= 0.3 is 0 Å². The zero-order chi connectivity index (χ0) is 21.8. The molecular weight excluding hydrogens is 394 g/mol. The molecule has 2 aromatic rings. The van der Waals surface area contributed by atoms with Crippen LogP contribution in [0.2, 0.25) is 0 Å². The summed E-state index contributed by atoms with van der Waals surface area (Å²) < 4.78 is 11.4. The molecule has 1 amide bonds. The highest BCUT2D eigenvalue weighted by Gasteiger charge is 2.69. The average molecular weight is 424 g/mol. The zero-order valence-electron chi connectivity index (χ0n) is 18.0. The Balaban J connectivity index is 1.61. The smallest absolute Gasteiger partial charge is 0.249 e. The Morgan fingerprint density at radius 3 is 2.94 bits per heavy atom. The molecule has 0 saturated heterocycles. The third-order valence-corrected chi connectivity index (χ3v) is 7.65. The van der Waals surface area contributed by atoms with E-state index in [1.165, 1.54) is 6.08 Å². The number of carbonyl (C=O) groups excluding carboxylic acids is 1. The van der Waals surface area contributed by atoms with Crippen LogP contribution in [0.5, 0.6) is 11.5 Å². The van der Waals surface area contributed by atoms with Crippen molar-refractivity contribution in [3.63, 3.8) is 0 Å². The van der Waals surface area contributed by atoms with E-state index >= 15 is 0 Å². The second kappa shape index (κ2) is 7.16. The molecule has 0 unspecified atom stereocenters. The first-order valence-corrected chi connectivity index (χ1v) is 11.1. The summed E-state index contributed by atoms with van der Waals surface area (Å²) in [6.45, 7) is 2.08. The van der Waals surface area contributed by atoms with Crippen molar-refractivity contribution in [3.8, 4) is 11.5 Å². The normalized spacial score (nSPS) is 30.8. The van der Waals surface area contributed by atoms with Crippen LogP contribution in [0.4, 0.5) is 0 Å². The second-order valence-electron chi connectivity index (χ2n) is 9.20. The van der Waals surface area contributed by atoms with Gasteiger partial charge in [-0.05, 0) is 55.4 Å². The number of nitrogens with zero attached hydrogens (tertiary/aromatic N) is 1. The molecule has 2 heterocycles. The van der Waals surface area contributed by atoms with Crippen molar-refractivity contribution in [2.24, 2.45) is 5.92 Å². The molecule has 31 heavy (non-hydrogen) atoms. The summed E-state index contributed by atoms with van der Waals surface area (Å²) in [5.74, 6) is 0.385. The molecule has 1 aromatic carbocycles. The molecule has 5 rings (SSSR count). The number of aromatic hydroxyl groups is 1. The summed E-state index contributed by atoms with van der Waals surface area (Å²) in [5.41, 5.74) is 1.09. The molecule has 2 bridgehead atoms. The molecule has 2 N–H and O–H groups in total. The maximum Gasteiger partial charge on any atom is 0.249 e. The minimum Gasteiger partial charge on any atom is -0.504 e. The van der Waals surface area contributed by atoms with E-state index in [2.05, 4.69) is 6.92 Å². The van der Waals surface area contributed by atoms with Gasteiger partial charge in [-0.2, -0.15) is 0 Å². The largest absolute Gasteiger partial charge is 0.504 e. The second-order valence-corrected chi connectivity index (χ2v) is 9.20. The van der Waals surface area contributed by atoms with Gasteiger partial charge in [0, 0.05) is 24.3 Å². The highest BCUT2D eigenvalue weighted by Crippen LogP contribution is 2.65. The number of fused-ring (bicyclic) bond motifs is 1. The quantitative estimate of drug-likeness (QED) is 0.711. The highest BCUT2D eigenvalue weighted by molar-refractivity contribution is 5.92. The number of ether oxygens (including phenoxy) is 1. The Hall–Kier alpha value is -2.73. The van der Waals surface area contributed by atoms with Gasteiger partial charge in [0.15, 0.2) is 17.7 Å². The van der Waals surface area contributed by atoms with E-state index in [1.807, 2.05) is 6.07 Å². The van der Waals surface area contributed by atoms with E-state index in [0.717, 1.165) is 48.8 Å². The fourth-order valence-electron chi connectivity index (χ4n) is 6.38. The first-order chi connectivity index (χ1) is 14.9. The topological polar surface area (TPSA) is 83.1 Å². The number of rotatable bonds is 5. The molecule has 1 aliphatic heterocycles. The van der Waals surface area contributed by atoms with Gasteiger partial charge in [-0.15, -0.1) is 0 Å². The predicted molar refractivity (Wildman–Crippen MR) is 116 cm³/mol. The van der Waals surface area contributed by atoms with Crippen molar-refractivity contribution >= 4 is 12.0 Å². The van der Waals surface area contributed by atoms with Crippen LogP contribution in [0.1, 0.15) is 55.7 Å². The van der Waals surface area contributed by atoms with E-state index in [-0.39, 0.29) is 17.6 Å². The molecule has 164 valence electrons. The summed E-state index contributed by atoms with van der Waals surface area (Å²) in [6.07, 6.45) is 10.5. The van der Waals surface area contributed by atoms with Crippen LogP contribution >= 0.6 is 0 Å². The molecule has 2 aliphatic carbocycles. The van der Waals surface area contributed by atoms with Gasteiger partial charge in [0.1, 0.15) is 0 Å². The Morgan fingerprint density at radius 2 is 2.19 bits per heavy atom. The summed E-state index contributed by atoms with van der Waals surface area (Å²) in [4.78, 5) is 14.7. The highest BCUT2D eigenvalue weighted by atomic mass is 16.5. The SMILES string of the molecule is CCC[C@@]1(O)[C@@H]2CCC[C@@]13c1c(ccc(O)c1O[C@H]3N(C)C(=O)/C=C/c1ccoc1)C2. The summed E-state index contributed by atoms with van der Waals surface area (Å²) >= 11 is 0. The average Bonchev–Trinajstić information content (AvgIpc) is 3.37. The third-order valence-electron chi connectivity index (χ3n) is 7.65. The lowest BCUT2D eigenvalue weighted by Gasteiger charge is -2.58. The number of likely N-dealkylation sites (N-methyl/N-ethyl adjacent to an activating group) is 1. The first kappa shape index (κ1) is 20.2. The molecule has 3 aliphatic rings. The number of hydrogen-bond acceptors (Lipinski definition) is 5. The van der Waals surface area contributed by atoms with Crippen LogP contribution in [-0.2, 0) is 16.6 Å². The summed E-state index contributed by atoms with van der Waals surface area (Å²) in [5, 5.41) is 22.8. The van der Waals surface area contributed by atoms with Crippen molar-refractivity contribution in [3.05, 3.63) is 53.5 Å². The van der Waals surface area contributed by atoms with Gasteiger partial charge < -0.3 is 24.3 Å². The van der Waals surface area contributed by atoms with Crippen LogP contribution in [0.3, 0.4) is 0 Å².